The summed E-state index contributed by atoms with van der Waals surface area (Å²) in [5.74, 6) is 0.804. The number of hydrogen-bond donors (Lipinski definition) is 1. The molecule has 2 atom stereocenters. The minimum atomic E-state index is 0.448. The van der Waals surface area contributed by atoms with E-state index in [1.165, 1.54) is 31.5 Å². The largest absolute Gasteiger partial charge is 0.328 e. The van der Waals surface area contributed by atoms with Gasteiger partial charge in [-0.15, -0.1) is 0 Å². The lowest BCUT2D eigenvalue weighted by Crippen LogP contribution is -2.27. The number of aromatic nitrogens is 1. The van der Waals surface area contributed by atoms with Crippen molar-refractivity contribution in [3.05, 3.63) is 30.1 Å². The molecule has 3 heteroatoms. The standard InChI is InChI=1S/C14H23N3/c1-17(11-12-5-6-13(15)10-12)9-7-14-4-2-3-8-16-14/h2-4,8,12-13H,5-7,9-11,15H2,1H3. The van der Waals surface area contributed by atoms with Crippen molar-refractivity contribution < 1.29 is 0 Å². The summed E-state index contributed by atoms with van der Waals surface area (Å²) >= 11 is 0. The Labute approximate surface area is 104 Å². The SMILES string of the molecule is CN(CCc1ccccn1)CC1CCC(N)C1. The lowest BCUT2D eigenvalue weighted by Gasteiger charge is -2.20. The van der Waals surface area contributed by atoms with E-state index in [1.807, 2.05) is 12.3 Å². The van der Waals surface area contributed by atoms with Crippen molar-refractivity contribution in [1.29, 1.82) is 0 Å². The van der Waals surface area contributed by atoms with Gasteiger partial charge in [-0.05, 0) is 44.4 Å². The zero-order valence-electron chi connectivity index (χ0n) is 10.7. The number of rotatable bonds is 5. The van der Waals surface area contributed by atoms with Crippen LogP contribution in [0.2, 0.25) is 0 Å². The van der Waals surface area contributed by atoms with E-state index in [2.05, 4.69) is 29.1 Å². The monoisotopic (exact) mass is 233 g/mol. The minimum absolute atomic E-state index is 0.448. The van der Waals surface area contributed by atoms with Crippen molar-refractivity contribution in [3.63, 3.8) is 0 Å². The summed E-state index contributed by atoms with van der Waals surface area (Å²) in [6.07, 6.45) is 6.61. The molecule has 1 aliphatic carbocycles. The topological polar surface area (TPSA) is 42.2 Å². The highest BCUT2D eigenvalue weighted by molar-refractivity contribution is 5.03. The predicted octanol–water partition coefficient (Wildman–Crippen LogP) is 1.68. The van der Waals surface area contributed by atoms with Crippen molar-refractivity contribution in [2.24, 2.45) is 11.7 Å². The molecule has 0 bridgehead atoms. The normalized spacial score (nSPS) is 24.4. The molecule has 94 valence electrons. The van der Waals surface area contributed by atoms with Gasteiger partial charge in [-0.2, -0.15) is 0 Å². The van der Waals surface area contributed by atoms with Crippen LogP contribution >= 0.6 is 0 Å². The first-order valence-electron chi connectivity index (χ1n) is 6.58. The average Bonchev–Trinajstić information content (AvgIpc) is 2.73. The van der Waals surface area contributed by atoms with Gasteiger partial charge in [-0.1, -0.05) is 6.07 Å². The first kappa shape index (κ1) is 12.5. The van der Waals surface area contributed by atoms with E-state index in [-0.39, 0.29) is 0 Å². The van der Waals surface area contributed by atoms with E-state index in [0.717, 1.165) is 18.9 Å². The van der Waals surface area contributed by atoms with Crippen LogP contribution < -0.4 is 5.73 Å². The molecular formula is C14H23N3. The molecule has 0 radical (unpaired) electrons. The fourth-order valence-electron chi connectivity index (χ4n) is 2.66. The van der Waals surface area contributed by atoms with Gasteiger partial charge in [0, 0.05) is 37.4 Å². The van der Waals surface area contributed by atoms with Crippen LogP contribution in [0.3, 0.4) is 0 Å². The summed E-state index contributed by atoms with van der Waals surface area (Å²) in [7, 11) is 2.20. The third-order valence-corrected chi connectivity index (χ3v) is 3.63. The summed E-state index contributed by atoms with van der Waals surface area (Å²) in [4.78, 5) is 6.76. The molecular weight excluding hydrogens is 210 g/mol. The number of pyridine rings is 1. The van der Waals surface area contributed by atoms with Crippen LogP contribution in [-0.4, -0.2) is 36.1 Å². The molecule has 0 saturated heterocycles. The second-order valence-corrected chi connectivity index (χ2v) is 5.27. The average molecular weight is 233 g/mol. The van der Waals surface area contributed by atoms with Crippen LogP contribution in [0.1, 0.15) is 25.0 Å². The van der Waals surface area contributed by atoms with Crippen LogP contribution in [0.15, 0.2) is 24.4 Å². The highest BCUT2D eigenvalue weighted by Gasteiger charge is 2.22. The van der Waals surface area contributed by atoms with Gasteiger partial charge in [-0.3, -0.25) is 4.98 Å². The molecule has 0 aromatic carbocycles. The molecule has 17 heavy (non-hydrogen) atoms. The molecule has 2 N–H and O–H groups in total. The first-order valence-corrected chi connectivity index (χ1v) is 6.58. The van der Waals surface area contributed by atoms with Crippen LogP contribution in [0, 0.1) is 5.92 Å². The molecule has 0 spiro atoms. The van der Waals surface area contributed by atoms with Gasteiger partial charge in [0.1, 0.15) is 0 Å². The number of hydrogen-bond acceptors (Lipinski definition) is 3. The summed E-state index contributed by atoms with van der Waals surface area (Å²) in [5, 5.41) is 0. The van der Waals surface area contributed by atoms with Gasteiger partial charge < -0.3 is 10.6 Å². The molecule has 3 nitrogen and oxygen atoms in total. The van der Waals surface area contributed by atoms with Gasteiger partial charge in [0.15, 0.2) is 0 Å². The Bertz CT molecular complexity index is 325. The Kier molecular flexibility index (Phi) is 4.51. The van der Waals surface area contributed by atoms with Crippen LogP contribution in [0.25, 0.3) is 0 Å². The van der Waals surface area contributed by atoms with Crippen molar-refractivity contribution in [2.45, 2.75) is 31.7 Å². The van der Waals surface area contributed by atoms with E-state index in [0.29, 0.717) is 6.04 Å². The third kappa shape index (κ3) is 4.10. The maximum atomic E-state index is 5.94. The highest BCUT2D eigenvalue weighted by Crippen LogP contribution is 2.24. The second kappa shape index (κ2) is 6.12. The quantitative estimate of drug-likeness (QED) is 0.841. The zero-order valence-corrected chi connectivity index (χ0v) is 10.7. The number of nitrogens with zero attached hydrogens (tertiary/aromatic N) is 2. The fourth-order valence-corrected chi connectivity index (χ4v) is 2.66. The summed E-state index contributed by atoms with van der Waals surface area (Å²) in [6.45, 7) is 2.27. The number of likely N-dealkylation sites (N-methyl/N-ethyl adjacent to an activating group) is 1. The van der Waals surface area contributed by atoms with Gasteiger partial charge in [0.25, 0.3) is 0 Å². The van der Waals surface area contributed by atoms with Gasteiger partial charge in [0.05, 0.1) is 0 Å². The number of nitrogens with two attached hydrogens (primary N) is 1. The van der Waals surface area contributed by atoms with Crippen molar-refractivity contribution >= 4 is 0 Å². The molecule has 1 aliphatic rings. The first-order chi connectivity index (χ1) is 8.24. The van der Waals surface area contributed by atoms with E-state index >= 15 is 0 Å². The molecule has 1 aromatic heterocycles. The van der Waals surface area contributed by atoms with E-state index in [1.54, 1.807) is 0 Å². The van der Waals surface area contributed by atoms with Crippen molar-refractivity contribution in [3.8, 4) is 0 Å². The highest BCUT2D eigenvalue weighted by atomic mass is 15.1. The Morgan fingerprint density at radius 3 is 2.94 bits per heavy atom. The second-order valence-electron chi connectivity index (χ2n) is 5.27. The molecule has 0 amide bonds. The third-order valence-electron chi connectivity index (χ3n) is 3.63. The Morgan fingerprint density at radius 1 is 1.41 bits per heavy atom. The molecule has 2 unspecified atom stereocenters. The molecule has 1 heterocycles. The van der Waals surface area contributed by atoms with Crippen LogP contribution in [0.4, 0.5) is 0 Å². The Balaban J connectivity index is 1.69. The Hall–Kier alpha value is -0.930. The minimum Gasteiger partial charge on any atom is -0.328 e. The zero-order chi connectivity index (χ0) is 12.1. The predicted molar refractivity (Wildman–Crippen MR) is 70.8 cm³/mol. The molecule has 1 saturated carbocycles. The molecule has 1 aromatic rings. The maximum Gasteiger partial charge on any atom is 0.0416 e. The maximum absolute atomic E-state index is 5.94. The lowest BCUT2D eigenvalue weighted by atomic mass is 10.1. The van der Waals surface area contributed by atoms with Crippen molar-refractivity contribution in [2.75, 3.05) is 20.1 Å². The molecule has 1 fully saturated rings. The summed E-state index contributed by atoms with van der Waals surface area (Å²) < 4.78 is 0. The molecule has 0 aliphatic heterocycles. The van der Waals surface area contributed by atoms with E-state index < -0.39 is 0 Å². The Morgan fingerprint density at radius 2 is 2.29 bits per heavy atom. The smallest absolute Gasteiger partial charge is 0.0416 e. The lowest BCUT2D eigenvalue weighted by molar-refractivity contribution is 0.279. The summed E-state index contributed by atoms with van der Waals surface area (Å²) in [5.41, 5.74) is 7.12. The van der Waals surface area contributed by atoms with Gasteiger partial charge >= 0.3 is 0 Å². The van der Waals surface area contributed by atoms with Crippen LogP contribution in [0.5, 0.6) is 0 Å². The fraction of sp³-hybridized carbons (Fsp3) is 0.643. The van der Waals surface area contributed by atoms with Gasteiger partial charge in [0.2, 0.25) is 0 Å². The van der Waals surface area contributed by atoms with Crippen LogP contribution in [-0.2, 0) is 6.42 Å². The van der Waals surface area contributed by atoms with E-state index in [4.69, 9.17) is 5.73 Å². The van der Waals surface area contributed by atoms with Crippen molar-refractivity contribution in [1.82, 2.24) is 9.88 Å². The summed E-state index contributed by atoms with van der Waals surface area (Å²) in [6, 6.07) is 6.56. The molecule has 2 rings (SSSR count). The van der Waals surface area contributed by atoms with E-state index in [9.17, 15) is 0 Å². The van der Waals surface area contributed by atoms with Gasteiger partial charge in [-0.25, -0.2) is 0 Å².